The van der Waals surface area contributed by atoms with Crippen LogP contribution >= 0.6 is 0 Å². The molecule has 5 nitrogen and oxygen atoms in total. The third kappa shape index (κ3) is 3.65. The predicted octanol–water partition coefficient (Wildman–Crippen LogP) is 4.06. The first-order valence-electron chi connectivity index (χ1n) is 7.95. The standard InChI is InChI=1S/C19H20F3NO4/c1-11-9-13(10-12(2)16(11)24)18(17(25)27-4,19(20,21)22)23-14-5-7-15(26-3)8-6-14/h5-10,23-24H,1-4H3. The number of rotatable bonds is 5. The van der Waals surface area contributed by atoms with Crippen molar-refractivity contribution < 1.29 is 32.5 Å². The molecule has 2 rings (SSSR count). The summed E-state index contributed by atoms with van der Waals surface area (Å²) in [6, 6.07) is 7.89. The van der Waals surface area contributed by atoms with Crippen LogP contribution in [0.2, 0.25) is 0 Å². The van der Waals surface area contributed by atoms with Gasteiger partial charge in [-0.25, -0.2) is 4.79 Å². The van der Waals surface area contributed by atoms with Crippen LogP contribution < -0.4 is 10.1 Å². The summed E-state index contributed by atoms with van der Waals surface area (Å²) in [7, 11) is 2.32. The van der Waals surface area contributed by atoms with Gasteiger partial charge in [0.15, 0.2) is 0 Å². The Morgan fingerprint density at radius 1 is 1.04 bits per heavy atom. The first-order valence-corrected chi connectivity index (χ1v) is 7.95. The number of hydrogen-bond acceptors (Lipinski definition) is 5. The fourth-order valence-corrected chi connectivity index (χ4v) is 2.81. The van der Waals surface area contributed by atoms with E-state index in [-0.39, 0.29) is 28.1 Å². The average Bonchev–Trinajstić information content (AvgIpc) is 2.62. The monoisotopic (exact) mass is 383 g/mol. The van der Waals surface area contributed by atoms with Crippen LogP contribution in [-0.2, 0) is 15.1 Å². The van der Waals surface area contributed by atoms with Gasteiger partial charge in [0.2, 0.25) is 0 Å². The van der Waals surface area contributed by atoms with E-state index in [9.17, 15) is 23.1 Å². The summed E-state index contributed by atoms with van der Waals surface area (Å²) in [5, 5.41) is 12.2. The summed E-state index contributed by atoms with van der Waals surface area (Å²) in [6.45, 7) is 2.91. The molecule has 0 aliphatic heterocycles. The Kier molecular flexibility index (Phi) is 5.58. The number of hydrogen-bond donors (Lipinski definition) is 2. The third-order valence-electron chi connectivity index (χ3n) is 4.26. The lowest BCUT2D eigenvalue weighted by Gasteiger charge is -2.35. The number of nitrogens with one attached hydrogen (secondary N) is 1. The second-order valence-electron chi connectivity index (χ2n) is 6.05. The quantitative estimate of drug-likeness (QED) is 0.762. The van der Waals surface area contributed by atoms with Crippen molar-refractivity contribution in [3.05, 3.63) is 53.1 Å². The van der Waals surface area contributed by atoms with Crippen LogP contribution in [0.4, 0.5) is 18.9 Å². The Hall–Kier alpha value is -2.90. The van der Waals surface area contributed by atoms with Crippen molar-refractivity contribution in [1.82, 2.24) is 0 Å². The zero-order valence-electron chi connectivity index (χ0n) is 15.3. The molecule has 0 fully saturated rings. The van der Waals surface area contributed by atoms with Crippen LogP contribution in [0.15, 0.2) is 36.4 Å². The molecular formula is C19H20F3NO4. The van der Waals surface area contributed by atoms with E-state index in [2.05, 4.69) is 10.1 Å². The second kappa shape index (κ2) is 7.38. The molecule has 146 valence electrons. The molecule has 0 saturated heterocycles. The molecule has 8 heteroatoms. The molecule has 0 heterocycles. The van der Waals surface area contributed by atoms with E-state index in [1.165, 1.54) is 45.2 Å². The molecule has 0 radical (unpaired) electrons. The van der Waals surface area contributed by atoms with Gasteiger partial charge in [-0.15, -0.1) is 0 Å². The van der Waals surface area contributed by atoms with Crippen molar-refractivity contribution in [2.75, 3.05) is 19.5 Å². The van der Waals surface area contributed by atoms with Gasteiger partial charge in [0.25, 0.3) is 5.54 Å². The summed E-state index contributed by atoms with van der Waals surface area (Å²) in [6.07, 6.45) is -5.03. The highest BCUT2D eigenvalue weighted by molar-refractivity contribution is 5.88. The minimum absolute atomic E-state index is 0.0434. The van der Waals surface area contributed by atoms with E-state index >= 15 is 0 Å². The summed E-state index contributed by atoms with van der Waals surface area (Å²) < 4.78 is 52.2. The van der Waals surface area contributed by atoms with Crippen molar-refractivity contribution in [2.45, 2.75) is 25.6 Å². The van der Waals surface area contributed by atoms with Gasteiger partial charge in [0.1, 0.15) is 11.5 Å². The highest BCUT2D eigenvalue weighted by atomic mass is 19.4. The zero-order chi connectivity index (χ0) is 20.4. The lowest BCUT2D eigenvalue weighted by Crippen LogP contribution is -2.55. The SMILES string of the molecule is COC(=O)C(Nc1ccc(OC)cc1)(c1cc(C)c(O)c(C)c1)C(F)(F)F. The van der Waals surface area contributed by atoms with Crippen LogP contribution in [0, 0.1) is 13.8 Å². The number of carbonyl (C=O) groups excluding carboxylic acids is 1. The maximum absolute atomic E-state index is 14.2. The molecule has 2 aromatic carbocycles. The Bertz CT molecular complexity index is 811. The fourth-order valence-electron chi connectivity index (χ4n) is 2.81. The minimum atomic E-state index is -5.03. The number of ether oxygens (including phenoxy) is 2. The van der Waals surface area contributed by atoms with Crippen molar-refractivity contribution >= 4 is 11.7 Å². The summed E-state index contributed by atoms with van der Waals surface area (Å²) in [4.78, 5) is 12.4. The van der Waals surface area contributed by atoms with Crippen molar-refractivity contribution in [3.63, 3.8) is 0 Å². The van der Waals surface area contributed by atoms with Gasteiger partial charge in [-0.3, -0.25) is 0 Å². The number of phenols is 1. The minimum Gasteiger partial charge on any atom is -0.507 e. The van der Waals surface area contributed by atoms with E-state index in [0.717, 1.165) is 19.2 Å². The van der Waals surface area contributed by atoms with Gasteiger partial charge in [-0.1, -0.05) is 0 Å². The number of benzene rings is 2. The molecule has 1 atom stereocenters. The molecular weight excluding hydrogens is 363 g/mol. The number of aryl methyl sites for hydroxylation is 2. The number of aromatic hydroxyl groups is 1. The molecule has 0 bridgehead atoms. The van der Waals surface area contributed by atoms with Crippen LogP contribution in [0.1, 0.15) is 16.7 Å². The lowest BCUT2D eigenvalue weighted by atomic mass is 9.86. The Morgan fingerprint density at radius 2 is 1.56 bits per heavy atom. The van der Waals surface area contributed by atoms with Gasteiger partial charge in [0.05, 0.1) is 14.2 Å². The molecule has 0 saturated carbocycles. The first kappa shape index (κ1) is 20.4. The summed E-state index contributed by atoms with van der Waals surface area (Å²) in [5.41, 5.74) is -3.08. The highest BCUT2D eigenvalue weighted by Gasteiger charge is 2.63. The van der Waals surface area contributed by atoms with Gasteiger partial charge < -0.3 is 19.9 Å². The molecule has 0 aromatic heterocycles. The molecule has 0 aliphatic rings. The van der Waals surface area contributed by atoms with E-state index in [4.69, 9.17) is 4.74 Å². The normalized spacial score (nSPS) is 13.6. The number of esters is 1. The molecule has 0 amide bonds. The van der Waals surface area contributed by atoms with Gasteiger partial charge >= 0.3 is 12.1 Å². The Morgan fingerprint density at radius 3 is 1.96 bits per heavy atom. The van der Waals surface area contributed by atoms with Crippen LogP contribution in [0.25, 0.3) is 0 Å². The topological polar surface area (TPSA) is 67.8 Å². The highest BCUT2D eigenvalue weighted by Crippen LogP contribution is 2.44. The molecule has 0 spiro atoms. The molecule has 0 aliphatic carbocycles. The average molecular weight is 383 g/mol. The van der Waals surface area contributed by atoms with Crippen molar-refractivity contribution in [1.29, 1.82) is 0 Å². The lowest BCUT2D eigenvalue weighted by molar-refractivity contribution is -0.201. The van der Waals surface area contributed by atoms with Gasteiger partial charge in [-0.05, 0) is 66.9 Å². The number of methoxy groups -OCH3 is 2. The Labute approximate surface area is 154 Å². The number of anilines is 1. The number of halogens is 3. The van der Waals surface area contributed by atoms with E-state index in [0.29, 0.717) is 5.75 Å². The van der Waals surface area contributed by atoms with E-state index < -0.39 is 17.7 Å². The molecule has 2 aromatic rings. The summed E-state index contributed by atoms with van der Waals surface area (Å²) in [5.74, 6) is -1.20. The fraction of sp³-hybridized carbons (Fsp3) is 0.316. The zero-order valence-corrected chi connectivity index (χ0v) is 15.3. The molecule has 2 N–H and O–H groups in total. The van der Waals surface area contributed by atoms with Crippen LogP contribution in [0.5, 0.6) is 11.5 Å². The summed E-state index contributed by atoms with van der Waals surface area (Å²) >= 11 is 0. The third-order valence-corrected chi connectivity index (χ3v) is 4.26. The van der Waals surface area contributed by atoms with Crippen LogP contribution in [0.3, 0.4) is 0 Å². The number of carbonyl (C=O) groups is 1. The van der Waals surface area contributed by atoms with Crippen LogP contribution in [-0.4, -0.2) is 31.5 Å². The molecule has 27 heavy (non-hydrogen) atoms. The van der Waals surface area contributed by atoms with Crippen molar-refractivity contribution in [3.8, 4) is 11.5 Å². The van der Waals surface area contributed by atoms with E-state index in [1.807, 2.05) is 0 Å². The maximum atomic E-state index is 14.2. The van der Waals surface area contributed by atoms with Gasteiger partial charge in [0, 0.05) is 5.69 Å². The first-order chi connectivity index (χ1) is 12.6. The second-order valence-corrected chi connectivity index (χ2v) is 6.05. The van der Waals surface area contributed by atoms with Gasteiger partial charge in [-0.2, -0.15) is 13.2 Å². The predicted molar refractivity (Wildman–Crippen MR) is 93.9 cm³/mol. The largest absolute Gasteiger partial charge is 0.507 e. The van der Waals surface area contributed by atoms with E-state index in [1.54, 1.807) is 0 Å². The molecule has 1 unspecified atom stereocenters. The van der Waals surface area contributed by atoms with Crippen molar-refractivity contribution in [2.24, 2.45) is 0 Å². The number of phenolic OH excluding ortho intramolecular Hbond substituents is 1. The number of alkyl halides is 3. The Balaban J connectivity index is 2.71. The smallest absolute Gasteiger partial charge is 0.426 e. The maximum Gasteiger partial charge on any atom is 0.426 e.